The van der Waals surface area contributed by atoms with Crippen molar-refractivity contribution in [3.05, 3.63) is 69.4 Å². The fourth-order valence-electron chi connectivity index (χ4n) is 2.57. The second-order valence-corrected chi connectivity index (χ2v) is 5.86. The number of hydrogen-bond donors (Lipinski definition) is 1. The highest BCUT2D eigenvalue weighted by Gasteiger charge is 2.07. The minimum atomic E-state index is -0.402. The first-order valence-corrected chi connectivity index (χ1v) is 8.06. The number of anilines is 1. The van der Waals surface area contributed by atoms with Crippen LogP contribution >= 0.6 is 11.6 Å². The number of nitro groups is 1. The molecule has 0 saturated carbocycles. The van der Waals surface area contributed by atoms with Gasteiger partial charge in [0, 0.05) is 29.8 Å². The van der Waals surface area contributed by atoms with Gasteiger partial charge >= 0.3 is 0 Å². The average Bonchev–Trinajstić information content (AvgIpc) is 2.61. The Morgan fingerprint density at radius 1 is 1.20 bits per heavy atom. The maximum atomic E-state index is 10.7. The van der Waals surface area contributed by atoms with Crippen molar-refractivity contribution in [2.75, 3.05) is 19.0 Å². The quantitative estimate of drug-likeness (QED) is 0.400. The molecule has 0 atom stereocenters. The van der Waals surface area contributed by atoms with Crippen LogP contribution in [0.25, 0.3) is 10.9 Å². The number of non-ortho nitro benzene ring substituents is 1. The smallest absolute Gasteiger partial charge is 0.269 e. The molecule has 25 heavy (non-hydrogen) atoms. The van der Waals surface area contributed by atoms with Crippen LogP contribution in [-0.2, 0) is 6.42 Å². The maximum Gasteiger partial charge on any atom is 0.269 e. The van der Waals surface area contributed by atoms with Crippen LogP contribution in [0.5, 0.6) is 5.75 Å². The van der Waals surface area contributed by atoms with Gasteiger partial charge in [0.25, 0.3) is 5.69 Å². The number of fused-ring (bicyclic) bond motifs is 1. The minimum Gasteiger partial charge on any atom is -0.497 e. The number of methoxy groups -OCH3 is 1. The molecule has 7 heteroatoms. The molecular weight excluding hydrogens is 342 g/mol. The van der Waals surface area contributed by atoms with Crippen molar-refractivity contribution in [2.24, 2.45) is 0 Å². The lowest BCUT2D eigenvalue weighted by molar-refractivity contribution is -0.384. The van der Waals surface area contributed by atoms with Crippen molar-refractivity contribution in [3.63, 3.8) is 0 Å². The van der Waals surface area contributed by atoms with Crippen LogP contribution in [0.15, 0.2) is 48.5 Å². The summed E-state index contributed by atoms with van der Waals surface area (Å²) >= 11 is 6.09. The Kier molecular flexibility index (Phi) is 5.00. The molecule has 1 heterocycles. The molecule has 6 nitrogen and oxygen atoms in total. The molecule has 1 aromatic heterocycles. The largest absolute Gasteiger partial charge is 0.497 e. The average molecular weight is 358 g/mol. The predicted molar refractivity (Wildman–Crippen MR) is 98.6 cm³/mol. The van der Waals surface area contributed by atoms with Crippen LogP contribution in [0.2, 0.25) is 5.15 Å². The van der Waals surface area contributed by atoms with Gasteiger partial charge in [-0.25, -0.2) is 4.98 Å². The van der Waals surface area contributed by atoms with E-state index in [1.54, 1.807) is 25.3 Å². The van der Waals surface area contributed by atoms with E-state index in [2.05, 4.69) is 10.3 Å². The summed E-state index contributed by atoms with van der Waals surface area (Å²) in [4.78, 5) is 14.6. The van der Waals surface area contributed by atoms with E-state index in [1.165, 1.54) is 12.1 Å². The number of aromatic nitrogens is 1. The summed E-state index contributed by atoms with van der Waals surface area (Å²) in [6, 6.07) is 13.9. The summed E-state index contributed by atoms with van der Waals surface area (Å²) in [5.74, 6) is 0.745. The molecule has 2 aromatic carbocycles. The highest BCUT2D eigenvalue weighted by atomic mass is 35.5. The van der Waals surface area contributed by atoms with E-state index in [0.717, 1.165) is 34.3 Å². The fourth-order valence-corrected chi connectivity index (χ4v) is 2.77. The molecular formula is C18H16ClN3O3. The predicted octanol–water partition coefficient (Wildman–Crippen LogP) is 4.46. The number of halogens is 1. The molecule has 0 bridgehead atoms. The number of ether oxygens (including phenoxy) is 1. The summed E-state index contributed by atoms with van der Waals surface area (Å²) in [6.07, 6.45) is 0.726. The zero-order valence-corrected chi connectivity index (χ0v) is 14.3. The van der Waals surface area contributed by atoms with Crippen LogP contribution in [-0.4, -0.2) is 23.6 Å². The van der Waals surface area contributed by atoms with Crippen LogP contribution in [0.1, 0.15) is 5.56 Å². The molecule has 0 aliphatic rings. The molecule has 0 unspecified atom stereocenters. The molecule has 3 aromatic rings. The van der Waals surface area contributed by atoms with E-state index in [4.69, 9.17) is 16.3 Å². The number of nitro benzene ring substituents is 1. The first-order valence-electron chi connectivity index (χ1n) is 7.68. The summed E-state index contributed by atoms with van der Waals surface area (Å²) in [5, 5.41) is 15.4. The first kappa shape index (κ1) is 17.0. The van der Waals surface area contributed by atoms with Crippen LogP contribution in [0.3, 0.4) is 0 Å². The van der Waals surface area contributed by atoms with E-state index < -0.39 is 4.92 Å². The molecule has 0 fully saturated rings. The van der Waals surface area contributed by atoms with Gasteiger partial charge in [0.15, 0.2) is 0 Å². The Morgan fingerprint density at radius 2 is 1.96 bits per heavy atom. The van der Waals surface area contributed by atoms with Gasteiger partial charge in [-0.2, -0.15) is 0 Å². The van der Waals surface area contributed by atoms with Gasteiger partial charge in [0.05, 0.1) is 17.5 Å². The van der Waals surface area contributed by atoms with Crippen molar-refractivity contribution >= 4 is 33.9 Å². The summed E-state index contributed by atoms with van der Waals surface area (Å²) in [7, 11) is 1.62. The number of nitrogens with zero attached hydrogens (tertiary/aromatic N) is 2. The summed E-state index contributed by atoms with van der Waals surface area (Å²) in [5.41, 5.74) is 2.76. The van der Waals surface area contributed by atoms with Gasteiger partial charge in [0.2, 0.25) is 0 Å². The Hall–Kier alpha value is -2.86. The molecule has 0 aliphatic heterocycles. The van der Waals surface area contributed by atoms with Gasteiger partial charge in [-0.05, 0) is 36.2 Å². The molecule has 128 valence electrons. The Bertz CT molecular complexity index is 913. The third-order valence-corrected chi connectivity index (χ3v) is 4.05. The number of benzene rings is 2. The van der Waals surface area contributed by atoms with Crippen LogP contribution in [0.4, 0.5) is 11.4 Å². The van der Waals surface area contributed by atoms with Crippen molar-refractivity contribution in [2.45, 2.75) is 6.42 Å². The highest BCUT2D eigenvalue weighted by molar-refractivity contribution is 6.30. The lowest BCUT2D eigenvalue weighted by Gasteiger charge is -2.11. The lowest BCUT2D eigenvalue weighted by Crippen LogP contribution is -2.06. The molecule has 3 rings (SSSR count). The van der Waals surface area contributed by atoms with E-state index in [-0.39, 0.29) is 5.69 Å². The number of hydrogen-bond acceptors (Lipinski definition) is 5. The van der Waals surface area contributed by atoms with Gasteiger partial charge in [-0.1, -0.05) is 23.7 Å². The van der Waals surface area contributed by atoms with Gasteiger partial charge in [-0.3, -0.25) is 10.1 Å². The van der Waals surface area contributed by atoms with Gasteiger partial charge in [0.1, 0.15) is 10.9 Å². The highest BCUT2D eigenvalue weighted by Crippen LogP contribution is 2.28. The van der Waals surface area contributed by atoms with Crippen molar-refractivity contribution in [1.29, 1.82) is 0 Å². The molecule has 0 amide bonds. The lowest BCUT2D eigenvalue weighted by atomic mass is 10.1. The molecule has 1 N–H and O–H groups in total. The first-order chi connectivity index (χ1) is 12.1. The fraction of sp³-hybridized carbons (Fsp3) is 0.167. The standard InChI is InChI=1S/C18H16ClN3O3/c1-25-14-6-7-16-15(10-14)17(11-18(19)21-16)20-9-8-12-2-4-13(5-3-12)22(23)24/h2-7,10-11H,8-9H2,1H3,(H,20,21). The number of nitrogens with one attached hydrogen (secondary N) is 1. The number of rotatable bonds is 6. The van der Waals surface area contributed by atoms with E-state index >= 15 is 0 Å². The second-order valence-electron chi connectivity index (χ2n) is 5.48. The molecule has 0 aliphatic carbocycles. The van der Waals surface area contributed by atoms with Crippen molar-refractivity contribution in [1.82, 2.24) is 4.98 Å². The topological polar surface area (TPSA) is 77.3 Å². The van der Waals surface area contributed by atoms with Gasteiger partial charge < -0.3 is 10.1 Å². The normalized spacial score (nSPS) is 10.6. The molecule has 0 spiro atoms. The molecule has 0 saturated heterocycles. The third kappa shape index (κ3) is 3.97. The zero-order valence-electron chi connectivity index (χ0n) is 13.5. The van der Waals surface area contributed by atoms with E-state index in [1.807, 2.05) is 18.2 Å². The van der Waals surface area contributed by atoms with Gasteiger partial charge in [-0.15, -0.1) is 0 Å². The molecule has 0 radical (unpaired) electrons. The Labute approximate surface area is 149 Å². The number of pyridine rings is 1. The van der Waals surface area contributed by atoms with Crippen LogP contribution in [0, 0.1) is 10.1 Å². The van der Waals surface area contributed by atoms with Crippen molar-refractivity contribution < 1.29 is 9.66 Å². The SMILES string of the molecule is COc1ccc2nc(Cl)cc(NCCc3ccc([N+](=O)[O-])cc3)c2c1. The minimum absolute atomic E-state index is 0.0933. The van der Waals surface area contributed by atoms with E-state index in [0.29, 0.717) is 11.7 Å². The van der Waals surface area contributed by atoms with E-state index in [9.17, 15) is 10.1 Å². The Balaban J connectivity index is 1.75. The second kappa shape index (κ2) is 7.36. The summed E-state index contributed by atoms with van der Waals surface area (Å²) in [6.45, 7) is 0.657. The summed E-state index contributed by atoms with van der Waals surface area (Å²) < 4.78 is 5.27. The van der Waals surface area contributed by atoms with Crippen molar-refractivity contribution in [3.8, 4) is 5.75 Å². The Morgan fingerprint density at radius 3 is 2.64 bits per heavy atom. The monoisotopic (exact) mass is 357 g/mol. The zero-order chi connectivity index (χ0) is 17.8. The van der Waals surface area contributed by atoms with Crippen LogP contribution < -0.4 is 10.1 Å². The maximum absolute atomic E-state index is 10.7. The third-order valence-electron chi connectivity index (χ3n) is 3.86.